The fourth-order valence-corrected chi connectivity index (χ4v) is 1.27. The van der Waals surface area contributed by atoms with Gasteiger partial charge in [-0.3, -0.25) is 0 Å². The molecule has 0 fully saturated rings. The molecule has 0 bridgehead atoms. The van der Waals surface area contributed by atoms with Gasteiger partial charge < -0.3 is 15.4 Å². The lowest BCUT2D eigenvalue weighted by molar-refractivity contribution is 0.206. The van der Waals surface area contributed by atoms with Crippen LogP contribution in [-0.2, 0) is 4.74 Å². The topological polar surface area (TPSA) is 51.4 Å². The van der Waals surface area contributed by atoms with Crippen LogP contribution in [0.4, 0.5) is 5.82 Å². The highest BCUT2D eigenvalue weighted by atomic mass is 16.5. The second kappa shape index (κ2) is 5.68. The van der Waals surface area contributed by atoms with Crippen LogP contribution in [0.25, 0.3) is 0 Å². The quantitative estimate of drug-likeness (QED) is 0.791. The Labute approximate surface area is 91.1 Å². The van der Waals surface area contributed by atoms with Gasteiger partial charge in [-0.2, -0.15) is 0 Å². The molecule has 0 spiro atoms. The molecule has 0 amide bonds. The molecule has 84 valence electrons. The average molecular weight is 209 g/mol. The van der Waals surface area contributed by atoms with Crippen LogP contribution in [0.15, 0.2) is 18.3 Å². The number of likely N-dealkylation sites (N-methyl/N-ethyl adjacent to an activating group) is 1. The van der Waals surface area contributed by atoms with Crippen molar-refractivity contribution in [3.05, 3.63) is 23.9 Å². The minimum atomic E-state index is 0.0441. The first-order valence-electron chi connectivity index (χ1n) is 5.06. The number of nitrogens with zero attached hydrogens (tertiary/aromatic N) is 2. The summed E-state index contributed by atoms with van der Waals surface area (Å²) >= 11 is 0. The first-order valence-corrected chi connectivity index (χ1v) is 5.06. The molecular weight excluding hydrogens is 190 g/mol. The highest BCUT2D eigenvalue weighted by Crippen LogP contribution is 2.15. The summed E-state index contributed by atoms with van der Waals surface area (Å²) in [4.78, 5) is 6.34. The van der Waals surface area contributed by atoms with Gasteiger partial charge in [0.25, 0.3) is 0 Å². The summed E-state index contributed by atoms with van der Waals surface area (Å²) in [5.41, 5.74) is 6.91. The lowest BCUT2D eigenvalue weighted by Gasteiger charge is -2.18. The number of hydrogen-bond donors (Lipinski definition) is 1. The summed E-state index contributed by atoms with van der Waals surface area (Å²) in [6.07, 6.45) is 1.79. The summed E-state index contributed by atoms with van der Waals surface area (Å²) in [6, 6.07) is 4.00. The van der Waals surface area contributed by atoms with Gasteiger partial charge >= 0.3 is 0 Å². The highest BCUT2D eigenvalue weighted by molar-refractivity contribution is 5.40. The second-order valence-electron chi connectivity index (χ2n) is 3.65. The smallest absolute Gasteiger partial charge is 0.128 e. The van der Waals surface area contributed by atoms with E-state index in [2.05, 4.69) is 9.88 Å². The number of nitrogens with two attached hydrogens (primary N) is 1. The van der Waals surface area contributed by atoms with Crippen LogP contribution in [0, 0.1) is 0 Å². The third-order valence-corrected chi connectivity index (χ3v) is 2.32. The minimum Gasteiger partial charge on any atom is -0.383 e. The third kappa shape index (κ3) is 3.49. The van der Waals surface area contributed by atoms with E-state index in [1.54, 1.807) is 13.3 Å². The molecule has 1 rings (SSSR count). The number of pyridine rings is 1. The van der Waals surface area contributed by atoms with Crippen molar-refractivity contribution < 1.29 is 4.74 Å². The Morgan fingerprint density at radius 1 is 1.60 bits per heavy atom. The van der Waals surface area contributed by atoms with Crippen LogP contribution in [0.1, 0.15) is 18.5 Å². The Balaban J connectivity index is 2.71. The Kier molecular flexibility index (Phi) is 4.52. The fourth-order valence-electron chi connectivity index (χ4n) is 1.27. The molecule has 0 aliphatic carbocycles. The molecule has 4 heteroatoms. The van der Waals surface area contributed by atoms with Crippen molar-refractivity contribution >= 4 is 5.82 Å². The van der Waals surface area contributed by atoms with Gasteiger partial charge in [-0.25, -0.2) is 4.98 Å². The van der Waals surface area contributed by atoms with Crippen molar-refractivity contribution in [1.82, 2.24) is 4.98 Å². The number of methoxy groups -OCH3 is 1. The normalized spacial score (nSPS) is 12.5. The molecule has 1 aromatic heterocycles. The SMILES string of the molecule is COCCN(C)c1cc([C@H](C)N)ccn1. The van der Waals surface area contributed by atoms with Gasteiger partial charge in [0.15, 0.2) is 0 Å². The molecule has 2 N–H and O–H groups in total. The largest absolute Gasteiger partial charge is 0.383 e. The van der Waals surface area contributed by atoms with Crippen LogP contribution < -0.4 is 10.6 Å². The minimum absolute atomic E-state index is 0.0441. The summed E-state index contributed by atoms with van der Waals surface area (Å²) in [5.74, 6) is 0.932. The van der Waals surface area contributed by atoms with Crippen LogP contribution in [0.2, 0.25) is 0 Å². The molecule has 0 saturated carbocycles. The van der Waals surface area contributed by atoms with Crippen molar-refractivity contribution in [2.24, 2.45) is 5.73 Å². The molecule has 1 atom stereocenters. The predicted molar refractivity (Wildman–Crippen MR) is 62.0 cm³/mol. The molecule has 1 heterocycles. The van der Waals surface area contributed by atoms with Crippen molar-refractivity contribution in [3.8, 4) is 0 Å². The maximum Gasteiger partial charge on any atom is 0.128 e. The highest BCUT2D eigenvalue weighted by Gasteiger charge is 2.05. The van der Waals surface area contributed by atoms with Crippen molar-refractivity contribution in [2.45, 2.75) is 13.0 Å². The maximum atomic E-state index is 5.81. The van der Waals surface area contributed by atoms with Gasteiger partial charge in [-0.15, -0.1) is 0 Å². The van der Waals surface area contributed by atoms with Gasteiger partial charge in [-0.05, 0) is 24.6 Å². The molecule has 4 nitrogen and oxygen atoms in total. The number of hydrogen-bond acceptors (Lipinski definition) is 4. The predicted octanol–water partition coefficient (Wildman–Crippen LogP) is 1.18. The Bertz CT molecular complexity index is 302. The molecule has 0 aliphatic rings. The summed E-state index contributed by atoms with van der Waals surface area (Å²) in [6.45, 7) is 3.49. The first-order chi connectivity index (χ1) is 7.15. The van der Waals surface area contributed by atoms with E-state index in [-0.39, 0.29) is 6.04 Å². The Morgan fingerprint density at radius 3 is 2.93 bits per heavy atom. The zero-order valence-electron chi connectivity index (χ0n) is 9.60. The Hall–Kier alpha value is -1.13. The number of rotatable bonds is 5. The molecule has 0 unspecified atom stereocenters. The lowest BCUT2D eigenvalue weighted by Crippen LogP contribution is -2.23. The molecule has 0 saturated heterocycles. The average Bonchev–Trinajstić information content (AvgIpc) is 2.26. The van der Waals surface area contributed by atoms with Gasteiger partial charge in [0, 0.05) is 32.9 Å². The Morgan fingerprint density at radius 2 is 2.33 bits per heavy atom. The van der Waals surface area contributed by atoms with E-state index in [1.165, 1.54) is 0 Å². The van der Waals surface area contributed by atoms with E-state index < -0.39 is 0 Å². The summed E-state index contributed by atoms with van der Waals surface area (Å²) in [7, 11) is 3.69. The van der Waals surface area contributed by atoms with Crippen LogP contribution >= 0.6 is 0 Å². The molecular formula is C11H19N3O. The lowest BCUT2D eigenvalue weighted by atomic mass is 10.1. The van der Waals surface area contributed by atoms with Crippen LogP contribution in [-0.4, -0.2) is 32.3 Å². The standard InChI is InChI=1S/C11H19N3O/c1-9(12)10-4-5-13-11(8-10)14(2)6-7-15-3/h4-5,8-9H,6-7,12H2,1-3H3/t9-/m0/s1. The molecule has 0 aliphatic heterocycles. The molecule has 0 aromatic carbocycles. The monoisotopic (exact) mass is 209 g/mol. The maximum absolute atomic E-state index is 5.81. The van der Waals surface area contributed by atoms with Crippen molar-refractivity contribution in [2.75, 3.05) is 32.2 Å². The molecule has 0 radical (unpaired) electrons. The zero-order valence-corrected chi connectivity index (χ0v) is 9.60. The van der Waals surface area contributed by atoms with Gasteiger partial charge in [0.1, 0.15) is 5.82 Å². The zero-order chi connectivity index (χ0) is 11.3. The van der Waals surface area contributed by atoms with E-state index in [1.807, 2.05) is 26.1 Å². The van der Waals surface area contributed by atoms with Crippen molar-refractivity contribution in [1.29, 1.82) is 0 Å². The second-order valence-corrected chi connectivity index (χ2v) is 3.65. The first kappa shape index (κ1) is 11.9. The van der Waals surface area contributed by atoms with Crippen molar-refractivity contribution in [3.63, 3.8) is 0 Å². The molecule has 1 aromatic rings. The van der Waals surface area contributed by atoms with Gasteiger partial charge in [0.05, 0.1) is 6.61 Å². The van der Waals surface area contributed by atoms with Gasteiger partial charge in [-0.1, -0.05) is 0 Å². The van der Waals surface area contributed by atoms with Crippen LogP contribution in [0.3, 0.4) is 0 Å². The van der Waals surface area contributed by atoms with E-state index >= 15 is 0 Å². The molecule has 15 heavy (non-hydrogen) atoms. The van der Waals surface area contributed by atoms with E-state index in [9.17, 15) is 0 Å². The summed E-state index contributed by atoms with van der Waals surface area (Å²) in [5, 5.41) is 0. The fraction of sp³-hybridized carbons (Fsp3) is 0.545. The number of ether oxygens (including phenoxy) is 1. The van der Waals surface area contributed by atoms with Crippen LogP contribution in [0.5, 0.6) is 0 Å². The number of aromatic nitrogens is 1. The summed E-state index contributed by atoms with van der Waals surface area (Å²) < 4.78 is 5.02. The van der Waals surface area contributed by atoms with E-state index in [0.29, 0.717) is 6.61 Å². The third-order valence-electron chi connectivity index (χ3n) is 2.32. The van der Waals surface area contributed by atoms with E-state index in [4.69, 9.17) is 10.5 Å². The van der Waals surface area contributed by atoms with Gasteiger partial charge in [0.2, 0.25) is 0 Å². The van der Waals surface area contributed by atoms with E-state index in [0.717, 1.165) is 17.9 Å². The number of anilines is 1.